The molecule has 0 atom stereocenters. The highest BCUT2D eigenvalue weighted by atomic mass is 35.5. The van der Waals surface area contributed by atoms with Crippen LogP contribution in [-0.2, 0) is 33.7 Å². The van der Waals surface area contributed by atoms with E-state index in [1.807, 2.05) is 0 Å². The van der Waals surface area contributed by atoms with Crippen molar-refractivity contribution in [1.29, 1.82) is 0 Å². The van der Waals surface area contributed by atoms with E-state index in [9.17, 15) is 17.6 Å². The number of carbonyl (C=O) groups excluding carboxylic acids is 1. The number of amides is 1. The van der Waals surface area contributed by atoms with Gasteiger partial charge in [-0.3, -0.25) is 9.69 Å². The van der Waals surface area contributed by atoms with Crippen LogP contribution in [0.15, 0.2) is 42.5 Å². The Bertz CT molecular complexity index is 1090. The van der Waals surface area contributed by atoms with Crippen LogP contribution >= 0.6 is 11.6 Å². The molecule has 2 aliphatic heterocycles. The Labute approximate surface area is 212 Å². The summed E-state index contributed by atoms with van der Waals surface area (Å²) in [6.45, 7) is 4.21. The second-order valence-corrected chi connectivity index (χ2v) is 11.9. The molecule has 1 N–H and O–H groups in total. The van der Waals surface area contributed by atoms with Gasteiger partial charge >= 0.3 is 0 Å². The molecule has 0 saturated carbocycles. The van der Waals surface area contributed by atoms with Gasteiger partial charge in [-0.25, -0.2) is 17.1 Å². The summed E-state index contributed by atoms with van der Waals surface area (Å²) >= 11 is 6.00. The normalized spacial score (nSPS) is 18.5. The van der Waals surface area contributed by atoms with Gasteiger partial charge < -0.3 is 5.32 Å². The molecule has 2 aliphatic rings. The fourth-order valence-electron chi connectivity index (χ4n) is 4.81. The molecule has 0 aromatic heterocycles. The Hall–Kier alpha value is -2.00. The van der Waals surface area contributed by atoms with Gasteiger partial charge in [0.05, 0.1) is 5.75 Å². The zero-order valence-electron chi connectivity index (χ0n) is 19.9. The first kappa shape index (κ1) is 26.1. The molecular weight excluding hydrogens is 489 g/mol. The Kier molecular flexibility index (Phi) is 8.81. The number of hydrogen-bond donors (Lipinski definition) is 1. The van der Waals surface area contributed by atoms with E-state index in [1.165, 1.54) is 47.3 Å². The maximum atomic E-state index is 14.0. The van der Waals surface area contributed by atoms with Gasteiger partial charge in [-0.05, 0) is 62.0 Å². The Morgan fingerprint density at radius 1 is 0.971 bits per heavy atom. The Balaban J connectivity index is 1.23. The van der Waals surface area contributed by atoms with Crippen molar-refractivity contribution in [2.45, 2.75) is 50.9 Å². The number of benzene rings is 2. The van der Waals surface area contributed by atoms with E-state index in [0.29, 0.717) is 19.4 Å². The zero-order chi connectivity index (χ0) is 24.8. The number of rotatable bonds is 8. The predicted octanol–water partition coefficient (Wildman–Crippen LogP) is 4.32. The summed E-state index contributed by atoms with van der Waals surface area (Å²) in [6, 6.07) is 12.5. The van der Waals surface area contributed by atoms with Crippen LogP contribution in [0, 0.1) is 11.7 Å². The summed E-state index contributed by atoms with van der Waals surface area (Å²) < 4.78 is 41.0. The first-order valence-electron chi connectivity index (χ1n) is 12.3. The minimum absolute atomic E-state index is 0.0176. The first-order chi connectivity index (χ1) is 16.8. The molecule has 0 unspecified atom stereocenters. The number of nitrogens with zero attached hydrogens (tertiary/aromatic N) is 2. The number of halogens is 2. The topological polar surface area (TPSA) is 69.7 Å². The van der Waals surface area contributed by atoms with Gasteiger partial charge in [-0.1, -0.05) is 48.4 Å². The van der Waals surface area contributed by atoms with Crippen molar-refractivity contribution in [3.05, 3.63) is 70.0 Å². The van der Waals surface area contributed by atoms with E-state index in [-0.39, 0.29) is 35.5 Å². The lowest BCUT2D eigenvalue weighted by atomic mass is 9.97. The maximum Gasteiger partial charge on any atom is 0.223 e. The third-order valence-electron chi connectivity index (χ3n) is 6.95. The van der Waals surface area contributed by atoms with Crippen LogP contribution in [0.25, 0.3) is 0 Å². The van der Waals surface area contributed by atoms with Crippen molar-refractivity contribution in [2.24, 2.45) is 5.92 Å². The number of sulfonamides is 1. The average molecular weight is 522 g/mol. The second-order valence-electron chi connectivity index (χ2n) is 9.50. The summed E-state index contributed by atoms with van der Waals surface area (Å²) in [5, 5.41) is 3.09. The van der Waals surface area contributed by atoms with Crippen LogP contribution in [0.3, 0.4) is 0 Å². The van der Waals surface area contributed by atoms with Crippen molar-refractivity contribution in [2.75, 3.05) is 26.2 Å². The monoisotopic (exact) mass is 521 g/mol. The Morgan fingerprint density at radius 2 is 1.63 bits per heavy atom. The van der Waals surface area contributed by atoms with Crippen LogP contribution in [-0.4, -0.2) is 49.7 Å². The van der Waals surface area contributed by atoms with E-state index in [1.54, 1.807) is 0 Å². The predicted molar refractivity (Wildman–Crippen MR) is 136 cm³/mol. The number of hydrogen-bond acceptors (Lipinski definition) is 4. The molecule has 35 heavy (non-hydrogen) atoms. The molecule has 190 valence electrons. The lowest BCUT2D eigenvalue weighted by Crippen LogP contribution is -2.43. The summed E-state index contributed by atoms with van der Waals surface area (Å²) in [5.74, 6) is -1.41. The third kappa shape index (κ3) is 7.03. The molecular formula is C26H33ClFN3O3S. The average Bonchev–Trinajstić information content (AvgIpc) is 2.86. The molecule has 0 bridgehead atoms. The van der Waals surface area contributed by atoms with Gasteiger partial charge in [0.1, 0.15) is 5.82 Å². The molecule has 4 rings (SSSR count). The van der Waals surface area contributed by atoms with Gasteiger partial charge in [-0.15, -0.1) is 0 Å². The van der Waals surface area contributed by atoms with Crippen LogP contribution < -0.4 is 5.32 Å². The van der Waals surface area contributed by atoms with Gasteiger partial charge in [0.15, 0.2) is 0 Å². The molecule has 2 aromatic carbocycles. The number of carbonyl (C=O) groups is 1. The quantitative estimate of drug-likeness (QED) is 0.561. The molecule has 2 aromatic rings. The van der Waals surface area contributed by atoms with E-state index in [2.05, 4.69) is 34.5 Å². The van der Waals surface area contributed by atoms with Crippen LogP contribution in [0.1, 0.15) is 48.8 Å². The summed E-state index contributed by atoms with van der Waals surface area (Å²) in [4.78, 5) is 15.2. The molecule has 2 saturated heterocycles. The molecule has 0 radical (unpaired) electrons. The van der Waals surface area contributed by atoms with Gasteiger partial charge in [-0.2, -0.15) is 0 Å². The third-order valence-corrected chi connectivity index (χ3v) is 9.11. The zero-order valence-corrected chi connectivity index (χ0v) is 21.5. The van der Waals surface area contributed by atoms with Crippen LogP contribution in [0.4, 0.5) is 4.39 Å². The largest absolute Gasteiger partial charge is 0.352 e. The summed E-state index contributed by atoms with van der Waals surface area (Å²) in [5.41, 5.74) is 2.31. The lowest BCUT2D eigenvalue weighted by Gasteiger charge is -2.30. The molecule has 0 spiro atoms. The summed E-state index contributed by atoms with van der Waals surface area (Å²) in [7, 11) is -3.73. The molecule has 6 nitrogen and oxygen atoms in total. The standard InChI is InChI=1S/C26H33ClFN3O3S/c27-24-5-4-6-25(28)23(24)19-35(33,34)31-15-11-22(12-16-31)26(32)29-17-20-7-9-21(10-8-20)18-30-13-2-1-3-14-30/h4-10,22H,1-3,11-19H2,(H,29,32). The lowest BCUT2D eigenvalue weighted by molar-refractivity contribution is -0.126. The molecule has 9 heteroatoms. The highest BCUT2D eigenvalue weighted by Gasteiger charge is 2.32. The number of nitrogens with one attached hydrogen (secondary N) is 1. The number of piperidine rings is 2. The minimum Gasteiger partial charge on any atom is -0.352 e. The van der Waals surface area contributed by atoms with Crippen LogP contribution in [0.5, 0.6) is 0 Å². The molecule has 2 fully saturated rings. The second kappa shape index (κ2) is 11.8. The van der Waals surface area contributed by atoms with Crippen molar-refractivity contribution in [1.82, 2.24) is 14.5 Å². The van der Waals surface area contributed by atoms with E-state index in [0.717, 1.165) is 25.2 Å². The molecule has 1 amide bonds. The van der Waals surface area contributed by atoms with Gasteiger partial charge in [0.2, 0.25) is 15.9 Å². The van der Waals surface area contributed by atoms with E-state index in [4.69, 9.17) is 11.6 Å². The maximum absolute atomic E-state index is 14.0. The van der Waals surface area contributed by atoms with Crippen LogP contribution in [0.2, 0.25) is 5.02 Å². The van der Waals surface area contributed by atoms with E-state index >= 15 is 0 Å². The SMILES string of the molecule is O=C(NCc1ccc(CN2CCCCC2)cc1)C1CCN(S(=O)(=O)Cc2c(F)cccc2Cl)CC1. The smallest absolute Gasteiger partial charge is 0.223 e. The highest BCUT2D eigenvalue weighted by molar-refractivity contribution is 7.88. The fraction of sp³-hybridized carbons (Fsp3) is 0.500. The summed E-state index contributed by atoms with van der Waals surface area (Å²) in [6.07, 6.45) is 4.74. The highest BCUT2D eigenvalue weighted by Crippen LogP contribution is 2.26. The van der Waals surface area contributed by atoms with Gasteiger partial charge in [0, 0.05) is 42.7 Å². The minimum atomic E-state index is -3.73. The fourth-order valence-corrected chi connectivity index (χ4v) is 6.73. The van der Waals surface area contributed by atoms with E-state index < -0.39 is 21.6 Å². The first-order valence-corrected chi connectivity index (χ1v) is 14.3. The van der Waals surface area contributed by atoms with Gasteiger partial charge in [0.25, 0.3) is 0 Å². The van der Waals surface area contributed by atoms with Crippen molar-refractivity contribution >= 4 is 27.5 Å². The Morgan fingerprint density at radius 3 is 2.29 bits per heavy atom. The van der Waals surface area contributed by atoms with Crippen molar-refractivity contribution in [3.8, 4) is 0 Å². The van der Waals surface area contributed by atoms with Crippen molar-refractivity contribution in [3.63, 3.8) is 0 Å². The van der Waals surface area contributed by atoms with Crippen molar-refractivity contribution < 1.29 is 17.6 Å². The molecule has 0 aliphatic carbocycles. The molecule has 2 heterocycles. The number of likely N-dealkylation sites (tertiary alicyclic amines) is 1.